The van der Waals surface area contributed by atoms with Crippen molar-refractivity contribution in [2.75, 3.05) is 45.6 Å². The quantitative estimate of drug-likeness (QED) is 0.710. The Hall–Kier alpha value is -2.62. The van der Waals surface area contributed by atoms with Gasteiger partial charge >= 0.3 is 0 Å². The zero-order valence-electron chi connectivity index (χ0n) is 20.7. The van der Waals surface area contributed by atoms with Crippen molar-refractivity contribution < 1.29 is 22.7 Å². The second-order valence-corrected chi connectivity index (χ2v) is 10.8. The summed E-state index contributed by atoms with van der Waals surface area (Å²) in [5.41, 5.74) is 1.23. The van der Waals surface area contributed by atoms with Crippen LogP contribution in [0, 0.1) is 12.8 Å². The third-order valence-corrected chi connectivity index (χ3v) is 7.93. The molecule has 8 nitrogen and oxygen atoms in total. The van der Waals surface area contributed by atoms with Crippen LogP contribution in [0.4, 0.5) is 5.69 Å². The summed E-state index contributed by atoms with van der Waals surface area (Å²) in [5, 5.41) is 0. The van der Waals surface area contributed by atoms with Crippen LogP contribution in [-0.4, -0.2) is 77.2 Å². The summed E-state index contributed by atoms with van der Waals surface area (Å²) in [5.74, 6) is 0.347. The fourth-order valence-electron chi connectivity index (χ4n) is 4.09. The molecule has 0 unspecified atom stereocenters. The van der Waals surface area contributed by atoms with Crippen molar-refractivity contribution in [2.45, 2.75) is 37.8 Å². The van der Waals surface area contributed by atoms with E-state index < -0.39 is 10.0 Å². The molecule has 186 valence electrons. The fourth-order valence-corrected chi connectivity index (χ4v) is 5.39. The Balaban J connectivity index is 1.97. The van der Waals surface area contributed by atoms with Crippen molar-refractivity contribution >= 4 is 21.6 Å². The zero-order chi connectivity index (χ0) is 25.0. The van der Waals surface area contributed by atoms with Crippen molar-refractivity contribution in [3.63, 3.8) is 0 Å². The zero-order valence-corrected chi connectivity index (χ0v) is 21.6. The van der Waals surface area contributed by atoms with Gasteiger partial charge in [0.25, 0.3) is 15.9 Å². The van der Waals surface area contributed by atoms with E-state index in [4.69, 9.17) is 9.47 Å². The maximum Gasteiger partial charge on any atom is 0.262 e. The molecule has 1 heterocycles. The number of likely N-dealkylation sites (N-methyl/N-ethyl adjacent to an activating group) is 2. The second kappa shape index (κ2) is 10.8. The molecule has 1 amide bonds. The number of carbonyl (C=O) groups excluding carboxylic acids is 1. The third-order valence-electron chi connectivity index (χ3n) is 6.39. The van der Waals surface area contributed by atoms with Crippen LogP contribution in [0.3, 0.4) is 0 Å². The molecule has 3 rings (SSSR count). The van der Waals surface area contributed by atoms with Crippen LogP contribution in [0.1, 0.15) is 29.8 Å². The Morgan fingerprint density at radius 1 is 1.09 bits per heavy atom. The van der Waals surface area contributed by atoms with Crippen molar-refractivity contribution in [2.24, 2.45) is 5.92 Å². The number of ether oxygens (including phenoxy) is 2. The summed E-state index contributed by atoms with van der Waals surface area (Å²) in [4.78, 5) is 17.4. The van der Waals surface area contributed by atoms with Crippen LogP contribution in [0.25, 0.3) is 0 Å². The van der Waals surface area contributed by atoms with Crippen LogP contribution in [0.2, 0.25) is 0 Å². The third kappa shape index (κ3) is 5.89. The minimum Gasteiger partial charge on any atom is -0.491 e. The minimum atomic E-state index is -3.82. The van der Waals surface area contributed by atoms with E-state index in [1.165, 1.54) is 6.07 Å². The predicted octanol–water partition coefficient (Wildman–Crippen LogP) is 3.23. The van der Waals surface area contributed by atoms with Gasteiger partial charge in [0, 0.05) is 39.0 Å². The number of nitrogens with one attached hydrogen (secondary N) is 1. The van der Waals surface area contributed by atoms with E-state index in [9.17, 15) is 13.2 Å². The lowest BCUT2D eigenvalue weighted by atomic mass is 10.0. The fraction of sp³-hybridized carbons (Fsp3) is 0.480. The van der Waals surface area contributed by atoms with Crippen molar-refractivity contribution in [1.29, 1.82) is 0 Å². The molecule has 0 radical (unpaired) electrons. The first-order chi connectivity index (χ1) is 16.0. The number of hydrogen-bond donors (Lipinski definition) is 1. The summed E-state index contributed by atoms with van der Waals surface area (Å²) < 4.78 is 40.3. The van der Waals surface area contributed by atoms with Crippen LogP contribution < -0.4 is 9.46 Å². The molecular weight excluding hydrogens is 454 g/mol. The van der Waals surface area contributed by atoms with Gasteiger partial charge in [-0.05, 0) is 56.6 Å². The topological polar surface area (TPSA) is 88.2 Å². The molecule has 0 fully saturated rings. The average molecular weight is 490 g/mol. The monoisotopic (exact) mass is 489 g/mol. The van der Waals surface area contributed by atoms with Crippen LogP contribution in [-0.2, 0) is 14.8 Å². The Morgan fingerprint density at radius 3 is 2.47 bits per heavy atom. The highest BCUT2D eigenvalue weighted by Crippen LogP contribution is 2.28. The Bertz CT molecular complexity index is 1120. The van der Waals surface area contributed by atoms with Gasteiger partial charge in [-0.3, -0.25) is 14.4 Å². The summed E-state index contributed by atoms with van der Waals surface area (Å²) >= 11 is 0. The maximum atomic E-state index is 13.4. The molecule has 1 aliphatic heterocycles. The van der Waals surface area contributed by atoms with Crippen LogP contribution >= 0.6 is 0 Å². The van der Waals surface area contributed by atoms with Crippen LogP contribution in [0.5, 0.6) is 5.75 Å². The summed E-state index contributed by atoms with van der Waals surface area (Å²) in [7, 11) is 1.60. The predicted molar refractivity (Wildman–Crippen MR) is 133 cm³/mol. The smallest absolute Gasteiger partial charge is 0.262 e. The van der Waals surface area contributed by atoms with Crippen LogP contribution in [0.15, 0.2) is 47.4 Å². The van der Waals surface area contributed by atoms with Gasteiger partial charge in [0.15, 0.2) is 0 Å². The number of carbonyl (C=O) groups is 1. The first kappa shape index (κ1) is 26.0. The summed E-state index contributed by atoms with van der Waals surface area (Å²) in [6.45, 7) is 7.51. The van der Waals surface area contributed by atoms with Crippen molar-refractivity contribution in [1.82, 2.24) is 9.80 Å². The molecular formula is C25H35N3O5S. The van der Waals surface area contributed by atoms with E-state index in [1.807, 2.05) is 7.05 Å². The molecule has 1 N–H and O–H groups in total. The standard InChI is InChI=1S/C25H35N3O5S/c1-17-9-7-8-10-24(17)34(30,31)26-20-11-12-22-21(13-20)25(29)28(5)15-23(32-6)18(2)14-27(4)19(3)16-33-22/h7-13,18-19,23,26H,14-16H2,1-6H3/t18-,19-,23-/m1/s1. The number of amides is 1. The van der Waals surface area contributed by atoms with Gasteiger partial charge in [0.2, 0.25) is 0 Å². The van der Waals surface area contributed by atoms with Gasteiger partial charge in [-0.1, -0.05) is 25.1 Å². The van der Waals surface area contributed by atoms with E-state index in [0.29, 0.717) is 35.7 Å². The number of fused-ring (bicyclic) bond motifs is 1. The van der Waals surface area contributed by atoms with E-state index in [-0.39, 0.29) is 28.9 Å². The molecule has 0 saturated heterocycles. The number of rotatable bonds is 4. The van der Waals surface area contributed by atoms with Gasteiger partial charge in [0.1, 0.15) is 12.4 Å². The highest BCUT2D eigenvalue weighted by atomic mass is 32.2. The lowest BCUT2D eigenvalue weighted by Gasteiger charge is -2.34. The normalized spacial score (nSPS) is 22.8. The molecule has 3 atom stereocenters. The molecule has 9 heteroatoms. The first-order valence-electron chi connectivity index (χ1n) is 11.4. The largest absolute Gasteiger partial charge is 0.491 e. The number of nitrogens with zero attached hydrogens (tertiary/aromatic N) is 2. The van der Waals surface area contributed by atoms with E-state index in [2.05, 4.69) is 23.5 Å². The molecule has 0 aromatic heterocycles. The Labute approximate surface area is 202 Å². The number of methoxy groups -OCH3 is 1. The molecule has 0 bridgehead atoms. The second-order valence-electron chi connectivity index (χ2n) is 9.12. The highest BCUT2D eigenvalue weighted by Gasteiger charge is 2.27. The van der Waals surface area contributed by atoms with E-state index >= 15 is 0 Å². The van der Waals surface area contributed by atoms with Gasteiger partial charge in [-0.2, -0.15) is 0 Å². The molecule has 1 aliphatic rings. The summed E-state index contributed by atoms with van der Waals surface area (Å²) in [6, 6.07) is 11.7. The number of aryl methyl sites for hydroxylation is 1. The lowest BCUT2D eigenvalue weighted by molar-refractivity contribution is 0.0150. The Morgan fingerprint density at radius 2 is 1.79 bits per heavy atom. The molecule has 0 saturated carbocycles. The number of anilines is 1. The highest BCUT2D eigenvalue weighted by molar-refractivity contribution is 7.92. The molecule has 2 aromatic carbocycles. The minimum absolute atomic E-state index is 0.110. The maximum absolute atomic E-state index is 13.4. The number of hydrogen-bond acceptors (Lipinski definition) is 6. The molecule has 0 aliphatic carbocycles. The lowest BCUT2D eigenvalue weighted by Crippen LogP contribution is -2.45. The van der Waals surface area contributed by atoms with Gasteiger partial charge in [0.05, 0.1) is 16.6 Å². The first-order valence-corrected chi connectivity index (χ1v) is 12.9. The molecule has 2 aromatic rings. The van der Waals surface area contributed by atoms with Crippen molar-refractivity contribution in [3.8, 4) is 5.75 Å². The molecule has 34 heavy (non-hydrogen) atoms. The SMILES string of the molecule is CO[C@@H]1CN(C)C(=O)c2cc(NS(=O)(=O)c3ccccc3C)ccc2OC[C@@H](C)N(C)C[C@H]1C. The number of sulfonamides is 1. The molecule has 0 spiro atoms. The van der Waals surface area contributed by atoms with E-state index in [0.717, 1.165) is 6.54 Å². The van der Waals surface area contributed by atoms with Gasteiger partial charge in [-0.25, -0.2) is 8.42 Å². The van der Waals surface area contributed by atoms with Gasteiger partial charge in [-0.15, -0.1) is 0 Å². The van der Waals surface area contributed by atoms with Gasteiger partial charge < -0.3 is 14.4 Å². The number of benzene rings is 2. The van der Waals surface area contributed by atoms with E-state index in [1.54, 1.807) is 62.4 Å². The van der Waals surface area contributed by atoms with Crippen molar-refractivity contribution in [3.05, 3.63) is 53.6 Å². The average Bonchev–Trinajstić information content (AvgIpc) is 2.79. The Kier molecular flexibility index (Phi) is 8.22. The summed E-state index contributed by atoms with van der Waals surface area (Å²) in [6.07, 6.45) is -0.143.